The molecule has 4 nitrogen and oxygen atoms in total. The van der Waals surface area contributed by atoms with E-state index in [1.807, 2.05) is 45.0 Å². The molecule has 0 unspecified atom stereocenters. The smallest absolute Gasteiger partial charge is 0.319 e. The van der Waals surface area contributed by atoms with Gasteiger partial charge in [-0.1, -0.05) is 26.0 Å². The largest absolute Gasteiger partial charge is 0.331 e. The number of carbonyl (C=O) groups excluding carboxylic acids is 1. The summed E-state index contributed by atoms with van der Waals surface area (Å²) < 4.78 is 0. The van der Waals surface area contributed by atoms with Crippen LogP contribution in [0, 0.1) is 6.92 Å². The summed E-state index contributed by atoms with van der Waals surface area (Å²) in [5.74, 6) is 0. The summed E-state index contributed by atoms with van der Waals surface area (Å²) in [6, 6.07) is 7.51. The van der Waals surface area contributed by atoms with E-state index in [-0.39, 0.29) is 11.6 Å². The van der Waals surface area contributed by atoms with E-state index in [4.69, 9.17) is 5.73 Å². The first kappa shape index (κ1) is 14.5. The van der Waals surface area contributed by atoms with Crippen LogP contribution in [0.25, 0.3) is 0 Å². The highest BCUT2D eigenvalue weighted by atomic mass is 16.2. The van der Waals surface area contributed by atoms with Gasteiger partial charge >= 0.3 is 6.03 Å². The molecule has 4 heteroatoms. The predicted molar refractivity (Wildman–Crippen MR) is 75.7 cm³/mol. The van der Waals surface area contributed by atoms with Gasteiger partial charge in [0.15, 0.2) is 0 Å². The highest BCUT2D eigenvalue weighted by Crippen LogP contribution is 2.14. The second-order valence-electron chi connectivity index (χ2n) is 4.64. The van der Waals surface area contributed by atoms with Crippen molar-refractivity contribution in [2.24, 2.45) is 5.73 Å². The van der Waals surface area contributed by atoms with E-state index in [0.717, 1.165) is 24.1 Å². The Morgan fingerprint density at radius 3 is 2.50 bits per heavy atom. The van der Waals surface area contributed by atoms with Gasteiger partial charge in [-0.05, 0) is 37.5 Å². The van der Waals surface area contributed by atoms with Gasteiger partial charge in [0.2, 0.25) is 0 Å². The Hall–Kier alpha value is -1.55. The third-order valence-electron chi connectivity index (χ3n) is 3.40. The van der Waals surface area contributed by atoms with Gasteiger partial charge in [0.05, 0.1) is 5.54 Å². The number of anilines is 1. The maximum Gasteiger partial charge on any atom is 0.319 e. The van der Waals surface area contributed by atoms with Gasteiger partial charge in [-0.3, -0.25) is 0 Å². The second-order valence-corrected chi connectivity index (χ2v) is 4.64. The minimum Gasteiger partial charge on any atom is -0.331 e. The topological polar surface area (TPSA) is 67.1 Å². The quantitative estimate of drug-likeness (QED) is 0.751. The average molecular weight is 249 g/mol. The Balaban J connectivity index is 2.66. The number of benzene rings is 1. The molecule has 18 heavy (non-hydrogen) atoms. The fourth-order valence-electron chi connectivity index (χ4n) is 1.89. The summed E-state index contributed by atoms with van der Waals surface area (Å²) in [5.41, 5.74) is 7.35. The number of amides is 2. The number of nitrogens with two attached hydrogens (primary N) is 1. The van der Waals surface area contributed by atoms with Crippen molar-refractivity contribution in [1.29, 1.82) is 0 Å². The Kier molecular flexibility index (Phi) is 5.16. The zero-order valence-electron chi connectivity index (χ0n) is 11.4. The molecule has 100 valence electrons. The van der Waals surface area contributed by atoms with E-state index in [9.17, 15) is 4.79 Å². The molecule has 0 saturated heterocycles. The van der Waals surface area contributed by atoms with Gasteiger partial charge in [0.25, 0.3) is 0 Å². The first-order chi connectivity index (χ1) is 8.55. The molecule has 0 atom stereocenters. The van der Waals surface area contributed by atoms with Crippen molar-refractivity contribution in [3.63, 3.8) is 0 Å². The number of hydrogen-bond acceptors (Lipinski definition) is 2. The van der Waals surface area contributed by atoms with Crippen molar-refractivity contribution in [3.8, 4) is 0 Å². The molecule has 0 radical (unpaired) electrons. The van der Waals surface area contributed by atoms with Crippen LogP contribution in [0.5, 0.6) is 0 Å². The fourth-order valence-corrected chi connectivity index (χ4v) is 1.89. The van der Waals surface area contributed by atoms with E-state index >= 15 is 0 Å². The Morgan fingerprint density at radius 1 is 1.33 bits per heavy atom. The van der Waals surface area contributed by atoms with Crippen LogP contribution in [0.3, 0.4) is 0 Å². The number of rotatable bonds is 5. The average Bonchev–Trinajstić information content (AvgIpc) is 2.36. The normalized spacial score (nSPS) is 11.1. The molecular formula is C14H23N3O. The molecule has 0 aliphatic carbocycles. The van der Waals surface area contributed by atoms with Crippen molar-refractivity contribution in [3.05, 3.63) is 29.8 Å². The lowest BCUT2D eigenvalue weighted by atomic mass is 9.93. The van der Waals surface area contributed by atoms with Gasteiger partial charge in [-0.2, -0.15) is 0 Å². The molecule has 0 spiro atoms. The molecule has 1 aromatic rings. The second kappa shape index (κ2) is 6.40. The van der Waals surface area contributed by atoms with Crippen molar-refractivity contribution in [2.45, 2.75) is 39.2 Å². The third kappa shape index (κ3) is 3.74. The van der Waals surface area contributed by atoms with Crippen molar-refractivity contribution < 1.29 is 4.79 Å². The summed E-state index contributed by atoms with van der Waals surface area (Å²) in [6.07, 6.45) is 1.64. The molecule has 0 aliphatic rings. The summed E-state index contributed by atoms with van der Waals surface area (Å²) in [7, 11) is 0. The van der Waals surface area contributed by atoms with Gasteiger partial charge in [0.1, 0.15) is 0 Å². The van der Waals surface area contributed by atoms with Crippen LogP contribution < -0.4 is 16.4 Å². The number of hydrogen-bond donors (Lipinski definition) is 3. The van der Waals surface area contributed by atoms with E-state index in [1.54, 1.807) is 0 Å². The minimum atomic E-state index is -0.312. The zero-order chi connectivity index (χ0) is 13.6. The standard InChI is InChI=1S/C14H23N3O/c1-4-14(5-2,10-15)17-13(18)16-12-8-6-7-11(3)9-12/h6-9H,4-5,10,15H2,1-3H3,(H2,16,17,18). The molecule has 0 saturated carbocycles. The highest BCUT2D eigenvalue weighted by Gasteiger charge is 2.26. The van der Waals surface area contributed by atoms with Crippen LogP contribution in [-0.4, -0.2) is 18.1 Å². The highest BCUT2D eigenvalue weighted by molar-refractivity contribution is 5.89. The van der Waals surface area contributed by atoms with E-state index in [1.165, 1.54) is 0 Å². The molecule has 1 aromatic carbocycles. The molecule has 0 heterocycles. The molecule has 1 rings (SSSR count). The minimum absolute atomic E-state index is 0.199. The number of carbonyl (C=O) groups is 1. The molecular weight excluding hydrogens is 226 g/mol. The summed E-state index contributed by atoms with van der Waals surface area (Å²) in [5, 5.41) is 5.81. The van der Waals surface area contributed by atoms with Crippen LogP contribution in [0.1, 0.15) is 32.3 Å². The van der Waals surface area contributed by atoms with Crippen molar-refractivity contribution in [2.75, 3.05) is 11.9 Å². The fraction of sp³-hybridized carbons (Fsp3) is 0.500. The maximum absolute atomic E-state index is 11.9. The van der Waals surface area contributed by atoms with Crippen LogP contribution in [0.15, 0.2) is 24.3 Å². The molecule has 4 N–H and O–H groups in total. The summed E-state index contributed by atoms with van der Waals surface area (Å²) >= 11 is 0. The first-order valence-electron chi connectivity index (χ1n) is 6.41. The Labute approximate surface area is 109 Å². The monoisotopic (exact) mass is 249 g/mol. The van der Waals surface area contributed by atoms with Gasteiger partial charge in [-0.15, -0.1) is 0 Å². The van der Waals surface area contributed by atoms with Gasteiger partial charge < -0.3 is 16.4 Å². The predicted octanol–water partition coefficient (Wildman–Crippen LogP) is 2.63. The van der Waals surface area contributed by atoms with Crippen molar-refractivity contribution >= 4 is 11.7 Å². The number of aryl methyl sites for hydroxylation is 1. The van der Waals surface area contributed by atoms with Gasteiger partial charge in [0, 0.05) is 12.2 Å². The Bertz CT molecular complexity index is 392. The Morgan fingerprint density at radius 2 is 2.00 bits per heavy atom. The van der Waals surface area contributed by atoms with Crippen LogP contribution >= 0.6 is 0 Å². The lowest BCUT2D eigenvalue weighted by Gasteiger charge is -2.31. The molecule has 2 amide bonds. The lowest BCUT2D eigenvalue weighted by Crippen LogP contribution is -2.54. The van der Waals surface area contributed by atoms with E-state index < -0.39 is 0 Å². The van der Waals surface area contributed by atoms with Crippen LogP contribution in [0.4, 0.5) is 10.5 Å². The van der Waals surface area contributed by atoms with Crippen molar-refractivity contribution in [1.82, 2.24) is 5.32 Å². The molecule has 0 fully saturated rings. The SMILES string of the molecule is CCC(CC)(CN)NC(=O)Nc1cccc(C)c1. The zero-order valence-corrected chi connectivity index (χ0v) is 11.4. The third-order valence-corrected chi connectivity index (χ3v) is 3.40. The van der Waals surface area contributed by atoms with E-state index in [0.29, 0.717) is 6.54 Å². The van der Waals surface area contributed by atoms with Gasteiger partial charge in [-0.25, -0.2) is 4.79 Å². The van der Waals surface area contributed by atoms with E-state index in [2.05, 4.69) is 10.6 Å². The molecule has 0 bridgehead atoms. The van der Waals surface area contributed by atoms with Crippen LogP contribution in [-0.2, 0) is 0 Å². The summed E-state index contributed by atoms with van der Waals surface area (Å²) in [6.45, 7) is 6.50. The first-order valence-corrected chi connectivity index (χ1v) is 6.41. The lowest BCUT2D eigenvalue weighted by molar-refractivity contribution is 0.233. The molecule has 0 aliphatic heterocycles. The number of urea groups is 1. The summed E-state index contributed by atoms with van der Waals surface area (Å²) in [4.78, 5) is 11.9. The van der Waals surface area contributed by atoms with Crippen LogP contribution in [0.2, 0.25) is 0 Å². The number of nitrogens with one attached hydrogen (secondary N) is 2. The molecule has 0 aromatic heterocycles. The maximum atomic E-state index is 11.9.